The van der Waals surface area contributed by atoms with Crippen LogP contribution >= 0.6 is 11.6 Å². The Balaban J connectivity index is 2.02. The predicted octanol–water partition coefficient (Wildman–Crippen LogP) is 5.25. The SMILES string of the molecule is Cc1cc(C)n(-c2nc(Cl)cc(N(C(=O)OC(C)(C)C)C3CCC(F)(F)CC3)n2)n1. The van der Waals surface area contributed by atoms with Crippen LogP contribution in [0.5, 0.6) is 0 Å². The van der Waals surface area contributed by atoms with Crippen LogP contribution in [0.4, 0.5) is 19.4 Å². The molecule has 7 nitrogen and oxygen atoms in total. The molecular formula is C20H26ClF2N5O2. The van der Waals surface area contributed by atoms with Crippen LogP contribution in [-0.4, -0.2) is 43.4 Å². The molecule has 0 unspecified atom stereocenters. The van der Waals surface area contributed by atoms with Crippen molar-refractivity contribution in [2.75, 3.05) is 4.90 Å². The summed E-state index contributed by atoms with van der Waals surface area (Å²) in [7, 11) is 0. The Morgan fingerprint density at radius 2 is 1.87 bits per heavy atom. The smallest absolute Gasteiger partial charge is 0.416 e. The Bertz CT molecular complexity index is 932. The Hall–Kier alpha value is -2.29. The second-order valence-corrected chi connectivity index (χ2v) is 9.01. The van der Waals surface area contributed by atoms with Crippen molar-refractivity contribution in [2.45, 2.75) is 77.9 Å². The molecule has 0 aliphatic heterocycles. The lowest BCUT2D eigenvalue weighted by Crippen LogP contribution is -2.47. The van der Waals surface area contributed by atoms with E-state index < -0.39 is 23.7 Å². The molecule has 1 aliphatic rings. The van der Waals surface area contributed by atoms with E-state index in [-0.39, 0.29) is 42.6 Å². The topological polar surface area (TPSA) is 73.1 Å². The first-order chi connectivity index (χ1) is 13.8. The van der Waals surface area contributed by atoms with Crippen molar-refractivity contribution >= 4 is 23.5 Å². The van der Waals surface area contributed by atoms with Gasteiger partial charge in [0.15, 0.2) is 0 Å². The number of nitrogens with zero attached hydrogens (tertiary/aromatic N) is 5. The van der Waals surface area contributed by atoms with E-state index in [1.165, 1.54) is 15.6 Å². The summed E-state index contributed by atoms with van der Waals surface area (Å²) in [6, 6.07) is 2.81. The van der Waals surface area contributed by atoms with E-state index in [9.17, 15) is 13.6 Å². The lowest BCUT2D eigenvalue weighted by molar-refractivity contribution is -0.0388. The molecule has 1 saturated carbocycles. The second kappa shape index (κ2) is 8.09. The average Bonchev–Trinajstić information content (AvgIpc) is 2.93. The number of alkyl halides is 2. The highest BCUT2D eigenvalue weighted by Crippen LogP contribution is 2.37. The Kier molecular flexibility index (Phi) is 6.04. The molecule has 0 radical (unpaired) electrons. The predicted molar refractivity (Wildman–Crippen MR) is 110 cm³/mol. The molecule has 30 heavy (non-hydrogen) atoms. The van der Waals surface area contributed by atoms with Gasteiger partial charge in [-0.15, -0.1) is 0 Å². The molecule has 0 saturated heterocycles. The third kappa shape index (κ3) is 5.24. The largest absolute Gasteiger partial charge is 0.443 e. The minimum absolute atomic E-state index is 0.109. The summed E-state index contributed by atoms with van der Waals surface area (Å²) in [5.74, 6) is -2.34. The van der Waals surface area contributed by atoms with Gasteiger partial charge in [0.25, 0.3) is 5.95 Å². The van der Waals surface area contributed by atoms with Crippen LogP contribution in [-0.2, 0) is 4.74 Å². The molecule has 1 fully saturated rings. The molecule has 10 heteroatoms. The lowest BCUT2D eigenvalue weighted by Gasteiger charge is -2.37. The number of halogens is 3. The summed E-state index contributed by atoms with van der Waals surface area (Å²) in [5, 5.41) is 4.47. The molecule has 164 valence electrons. The monoisotopic (exact) mass is 441 g/mol. The van der Waals surface area contributed by atoms with Crippen LogP contribution in [0.3, 0.4) is 0 Å². The van der Waals surface area contributed by atoms with E-state index in [1.807, 2.05) is 19.9 Å². The first-order valence-electron chi connectivity index (χ1n) is 9.83. The maximum Gasteiger partial charge on any atom is 0.416 e. The van der Waals surface area contributed by atoms with E-state index in [1.54, 1.807) is 20.8 Å². The van der Waals surface area contributed by atoms with E-state index >= 15 is 0 Å². The van der Waals surface area contributed by atoms with Gasteiger partial charge in [0.05, 0.1) is 5.69 Å². The number of ether oxygens (including phenoxy) is 1. The zero-order valence-corrected chi connectivity index (χ0v) is 18.5. The van der Waals surface area contributed by atoms with Crippen molar-refractivity contribution in [3.05, 3.63) is 28.7 Å². The van der Waals surface area contributed by atoms with Crippen LogP contribution in [0.2, 0.25) is 5.15 Å². The van der Waals surface area contributed by atoms with Crippen molar-refractivity contribution in [1.82, 2.24) is 19.7 Å². The van der Waals surface area contributed by atoms with Gasteiger partial charge in [0.2, 0.25) is 5.92 Å². The molecule has 3 rings (SSSR count). The van der Waals surface area contributed by atoms with Crippen molar-refractivity contribution in [3.8, 4) is 5.95 Å². The van der Waals surface area contributed by atoms with Gasteiger partial charge in [-0.25, -0.2) is 18.3 Å². The van der Waals surface area contributed by atoms with Crippen molar-refractivity contribution in [3.63, 3.8) is 0 Å². The van der Waals surface area contributed by atoms with Crippen LogP contribution < -0.4 is 4.90 Å². The molecule has 0 spiro atoms. The first kappa shape index (κ1) is 22.4. The number of amides is 1. The number of rotatable bonds is 3. The maximum absolute atomic E-state index is 13.7. The zero-order valence-electron chi connectivity index (χ0n) is 17.7. The zero-order chi connectivity index (χ0) is 22.3. The third-order valence-corrected chi connectivity index (χ3v) is 4.95. The highest BCUT2D eigenvalue weighted by Gasteiger charge is 2.40. The van der Waals surface area contributed by atoms with Gasteiger partial charge in [0, 0.05) is 30.6 Å². The summed E-state index contributed by atoms with van der Waals surface area (Å²) in [4.78, 5) is 23.1. The summed E-state index contributed by atoms with van der Waals surface area (Å²) >= 11 is 6.23. The fourth-order valence-corrected chi connectivity index (χ4v) is 3.64. The van der Waals surface area contributed by atoms with Gasteiger partial charge in [-0.05, 0) is 53.5 Å². The van der Waals surface area contributed by atoms with E-state index in [0.717, 1.165) is 11.4 Å². The second-order valence-electron chi connectivity index (χ2n) is 8.63. The molecule has 2 aromatic rings. The molecule has 2 aromatic heterocycles. The fraction of sp³-hybridized carbons (Fsp3) is 0.600. The summed E-state index contributed by atoms with van der Waals surface area (Å²) in [6.07, 6.45) is -1.02. The average molecular weight is 442 g/mol. The third-order valence-electron chi connectivity index (χ3n) is 4.76. The highest BCUT2D eigenvalue weighted by atomic mass is 35.5. The Labute approximate surface area is 179 Å². The van der Waals surface area contributed by atoms with Crippen LogP contribution in [0.15, 0.2) is 12.1 Å². The molecular weight excluding hydrogens is 416 g/mol. The normalized spacial score (nSPS) is 17.1. The number of anilines is 1. The van der Waals surface area contributed by atoms with Gasteiger partial charge < -0.3 is 4.74 Å². The minimum atomic E-state index is -2.73. The Morgan fingerprint density at radius 1 is 1.23 bits per heavy atom. The number of carbonyl (C=O) groups excluding carboxylic acids is 1. The molecule has 0 N–H and O–H groups in total. The van der Waals surface area contributed by atoms with Gasteiger partial charge in [-0.1, -0.05) is 11.6 Å². The van der Waals surface area contributed by atoms with Crippen LogP contribution in [0.1, 0.15) is 57.8 Å². The maximum atomic E-state index is 13.7. The number of carbonyl (C=O) groups is 1. The molecule has 1 amide bonds. The standard InChI is InChI=1S/C20H26ClF2N5O2/c1-12-10-13(2)28(26-12)17-24-15(21)11-16(25-17)27(18(29)30-19(3,4)5)14-6-8-20(22,23)9-7-14/h10-11,14H,6-9H2,1-5H3. The van der Waals surface area contributed by atoms with Crippen molar-refractivity contribution in [2.24, 2.45) is 0 Å². The van der Waals surface area contributed by atoms with Crippen molar-refractivity contribution in [1.29, 1.82) is 0 Å². The first-order valence-corrected chi connectivity index (χ1v) is 10.2. The Morgan fingerprint density at radius 3 is 2.40 bits per heavy atom. The van der Waals surface area contributed by atoms with Crippen molar-refractivity contribution < 1.29 is 18.3 Å². The van der Waals surface area contributed by atoms with Gasteiger partial charge in [0.1, 0.15) is 16.6 Å². The minimum Gasteiger partial charge on any atom is -0.443 e. The van der Waals surface area contributed by atoms with E-state index in [0.29, 0.717) is 0 Å². The van der Waals surface area contributed by atoms with Crippen LogP contribution in [0, 0.1) is 13.8 Å². The number of aromatic nitrogens is 4. The van der Waals surface area contributed by atoms with E-state index in [2.05, 4.69) is 15.1 Å². The summed E-state index contributed by atoms with van der Waals surface area (Å²) < 4.78 is 34.5. The molecule has 0 bridgehead atoms. The van der Waals surface area contributed by atoms with Gasteiger partial charge in [-0.3, -0.25) is 4.90 Å². The molecule has 0 atom stereocenters. The van der Waals surface area contributed by atoms with Gasteiger partial charge in [-0.2, -0.15) is 15.1 Å². The fourth-order valence-electron chi connectivity index (χ4n) is 3.47. The van der Waals surface area contributed by atoms with E-state index in [4.69, 9.17) is 16.3 Å². The highest BCUT2D eigenvalue weighted by molar-refractivity contribution is 6.29. The number of hydrogen-bond donors (Lipinski definition) is 0. The molecule has 1 aliphatic carbocycles. The summed E-state index contributed by atoms with van der Waals surface area (Å²) in [5.41, 5.74) is 0.807. The van der Waals surface area contributed by atoms with Gasteiger partial charge >= 0.3 is 6.09 Å². The number of aryl methyl sites for hydroxylation is 2. The molecule has 0 aromatic carbocycles. The van der Waals surface area contributed by atoms with Crippen LogP contribution in [0.25, 0.3) is 5.95 Å². The number of hydrogen-bond acceptors (Lipinski definition) is 5. The summed E-state index contributed by atoms with van der Waals surface area (Å²) in [6.45, 7) is 8.91. The molecule has 2 heterocycles. The lowest BCUT2D eigenvalue weighted by atomic mass is 9.91. The quantitative estimate of drug-likeness (QED) is 0.608.